The van der Waals surface area contributed by atoms with Crippen LogP contribution < -0.4 is 5.73 Å². The molecule has 8 nitrogen and oxygen atoms in total. The number of carbonyl (C=O) groups is 1. The van der Waals surface area contributed by atoms with Crippen molar-refractivity contribution in [2.45, 2.75) is 225 Å². The molecule has 0 amide bonds. The zero-order valence-corrected chi connectivity index (χ0v) is 34.1. The molecule has 2 unspecified atom stereocenters. The van der Waals surface area contributed by atoms with Gasteiger partial charge < -0.3 is 20.1 Å². The molecule has 0 rings (SSSR count). The van der Waals surface area contributed by atoms with E-state index in [4.69, 9.17) is 24.3 Å². The third-order valence-corrected chi connectivity index (χ3v) is 10.5. The Hall–Kier alpha value is -0.500. The number of hydrogen-bond acceptors (Lipinski definition) is 7. The van der Waals surface area contributed by atoms with Gasteiger partial charge in [-0.25, -0.2) is 4.57 Å². The van der Waals surface area contributed by atoms with Crippen molar-refractivity contribution < 1.29 is 32.8 Å². The van der Waals surface area contributed by atoms with Crippen LogP contribution in [0.2, 0.25) is 0 Å². The van der Waals surface area contributed by atoms with Crippen molar-refractivity contribution in [1.82, 2.24) is 0 Å². The SMILES string of the molecule is CCCCCCCCCCCCCCCCCCCCCCCOCC(COP(=O)(O)OCCN)OC(=O)CCCCCCCCCCCC. The first-order valence-electron chi connectivity index (χ1n) is 21.5. The zero-order chi connectivity index (χ0) is 36.6. The van der Waals surface area contributed by atoms with Gasteiger partial charge in [-0.05, 0) is 12.8 Å². The Labute approximate surface area is 310 Å². The second-order valence-electron chi connectivity index (χ2n) is 14.6. The minimum absolute atomic E-state index is 0.0903. The molecule has 0 radical (unpaired) electrons. The summed E-state index contributed by atoms with van der Waals surface area (Å²) >= 11 is 0. The molecule has 0 aromatic rings. The highest BCUT2D eigenvalue weighted by Gasteiger charge is 2.25. The molecule has 50 heavy (non-hydrogen) atoms. The van der Waals surface area contributed by atoms with Crippen LogP contribution in [0.25, 0.3) is 0 Å². The maximum atomic E-state index is 12.5. The lowest BCUT2D eigenvalue weighted by Gasteiger charge is -2.20. The molecule has 2 atom stereocenters. The van der Waals surface area contributed by atoms with Crippen molar-refractivity contribution in [1.29, 1.82) is 0 Å². The summed E-state index contributed by atoms with van der Waals surface area (Å²) in [6.45, 7) is 4.96. The van der Waals surface area contributed by atoms with Gasteiger partial charge in [0.05, 0.1) is 19.8 Å². The number of carbonyl (C=O) groups excluding carboxylic acids is 1. The molecule has 0 aliphatic heterocycles. The number of rotatable bonds is 42. The Bertz CT molecular complexity index is 742. The number of unbranched alkanes of at least 4 members (excludes halogenated alkanes) is 29. The molecule has 0 saturated heterocycles. The molecule has 3 N–H and O–H groups in total. The molecule has 0 spiro atoms. The largest absolute Gasteiger partial charge is 0.472 e. The summed E-state index contributed by atoms with van der Waals surface area (Å²) in [6.07, 6.45) is 39.9. The predicted molar refractivity (Wildman–Crippen MR) is 211 cm³/mol. The fraction of sp³-hybridized carbons (Fsp3) is 0.976. The first-order valence-corrected chi connectivity index (χ1v) is 23.0. The summed E-state index contributed by atoms with van der Waals surface area (Å²) in [6, 6.07) is 0. The first kappa shape index (κ1) is 49.5. The average molecular weight is 734 g/mol. The number of nitrogens with two attached hydrogens (primary N) is 1. The Morgan fingerprint density at radius 1 is 0.520 bits per heavy atom. The fourth-order valence-electron chi connectivity index (χ4n) is 6.35. The number of ether oxygens (including phenoxy) is 2. The van der Waals surface area contributed by atoms with Crippen LogP contribution in [0.15, 0.2) is 0 Å². The van der Waals surface area contributed by atoms with Crippen LogP contribution >= 0.6 is 7.82 Å². The number of phosphoric acid groups is 1. The highest BCUT2D eigenvalue weighted by atomic mass is 31.2. The molecule has 0 aromatic carbocycles. The van der Waals surface area contributed by atoms with Gasteiger partial charge in [0, 0.05) is 19.6 Å². The standard InChI is InChI=1S/C41H84NO7P/c1-3-5-7-9-11-13-15-16-17-18-19-20-21-22-23-24-25-27-29-31-33-36-46-38-40(39-48-50(44,45)47-37-35-42)49-41(43)34-32-30-28-26-14-12-10-8-6-4-2/h40H,3-39,42H2,1-2H3,(H,44,45). The van der Waals surface area contributed by atoms with Gasteiger partial charge in [0.2, 0.25) is 0 Å². The summed E-state index contributed by atoms with van der Waals surface area (Å²) in [7, 11) is -4.26. The Morgan fingerprint density at radius 2 is 0.880 bits per heavy atom. The highest BCUT2D eigenvalue weighted by Crippen LogP contribution is 2.43. The third-order valence-electron chi connectivity index (χ3n) is 9.52. The summed E-state index contributed by atoms with van der Waals surface area (Å²) < 4.78 is 33.4. The Balaban J connectivity index is 3.88. The minimum atomic E-state index is -4.26. The minimum Gasteiger partial charge on any atom is -0.457 e. The zero-order valence-electron chi connectivity index (χ0n) is 33.2. The molecule has 0 aliphatic carbocycles. The van der Waals surface area contributed by atoms with Gasteiger partial charge in [0.1, 0.15) is 6.10 Å². The maximum absolute atomic E-state index is 12.5. The molecule has 0 heterocycles. The van der Waals surface area contributed by atoms with Crippen LogP contribution in [0.4, 0.5) is 0 Å². The van der Waals surface area contributed by atoms with Crippen molar-refractivity contribution in [3.05, 3.63) is 0 Å². The Kier molecular flexibility index (Phi) is 39.3. The quantitative estimate of drug-likeness (QED) is 0.0362. The van der Waals surface area contributed by atoms with Crippen molar-refractivity contribution in [2.24, 2.45) is 5.73 Å². The van der Waals surface area contributed by atoms with Crippen LogP contribution in [0.3, 0.4) is 0 Å². The smallest absolute Gasteiger partial charge is 0.457 e. The summed E-state index contributed by atoms with van der Waals surface area (Å²) in [4.78, 5) is 22.4. The fourth-order valence-corrected chi connectivity index (χ4v) is 7.12. The molecular formula is C41H84NO7P. The van der Waals surface area contributed by atoms with Gasteiger partial charge in [-0.3, -0.25) is 13.8 Å². The molecule has 0 bridgehead atoms. The predicted octanol–water partition coefficient (Wildman–Crippen LogP) is 12.5. The molecule has 0 fully saturated rings. The van der Waals surface area contributed by atoms with E-state index in [0.29, 0.717) is 13.0 Å². The van der Waals surface area contributed by atoms with Crippen molar-refractivity contribution in [3.8, 4) is 0 Å². The van der Waals surface area contributed by atoms with Crippen molar-refractivity contribution >= 4 is 13.8 Å². The monoisotopic (exact) mass is 734 g/mol. The molecule has 0 saturated carbocycles. The third kappa shape index (κ3) is 38.7. The lowest BCUT2D eigenvalue weighted by Crippen LogP contribution is -2.28. The van der Waals surface area contributed by atoms with E-state index in [1.807, 2.05) is 0 Å². The molecular weight excluding hydrogens is 649 g/mol. The van der Waals surface area contributed by atoms with Gasteiger partial charge in [0.15, 0.2) is 0 Å². The van der Waals surface area contributed by atoms with E-state index in [-0.39, 0.29) is 32.3 Å². The van der Waals surface area contributed by atoms with Gasteiger partial charge in [-0.1, -0.05) is 200 Å². The number of hydrogen-bond donors (Lipinski definition) is 2. The van der Waals surface area contributed by atoms with Gasteiger partial charge in [-0.15, -0.1) is 0 Å². The van der Waals surface area contributed by atoms with Gasteiger partial charge in [-0.2, -0.15) is 0 Å². The van der Waals surface area contributed by atoms with E-state index in [0.717, 1.165) is 32.1 Å². The van der Waals surface area contributed by atoms with Crippen LogP contribution in [0.1, 0.15) is 219 Å². The number of phosphoric ester groups is 1. The lowest BCUT2D eigenvalue weighted by molar-refractivity contribution is -0.154. The van der Waals surface area contributed by atoms with E-state index >= 15 is 0 Å². The maximum Gasteiger partial charge on any atom is 0.472 e. The number of esters is 1. The summed E-state index contributed by atoms with van der Waals surface area (Å²) in [5.74, 6) is -0.327. The normalized spacial score (nSPS) is 13.4. The van der Waals surface area contributed by atoms with Crippen molar-refractivity contribution in [2.75, 3.05) is 33.0 Å². The van der Waals surface area contributed by atoms with Crippen LogP contribution in [-0.2, 0) is 27.9 Å². The van der Waals surface area contributed by atoms with E-state index in [1.165, 1.54) is 167 Å². The second kappa shape index (κ2) is 39.7. The van der Waals surface area contributed by atoms with E-state index in [9.17, 15) is 14.3 Å². The second-order valence-corrected chi connectivity index (χ2v) is 16.0. The Morgan fingerprint density at radius 3 is 1.26 bits per heavy atom. The van der Waals surface area contributed by atoms with Gasteiger partial charge >= 0.3 is 13.8 Å². The lowest BCUT2D eigenvalue weighted by atomic mass is 10.0. The molecule has 0 aromatic heterocycles. The van der Waals surface area contributed by atoms with E-state index in [1.54, 1.807) is 0 Å². The molecule has 300 valence electrons. The molecule has 0 aliphatic rings. The van der Waals surface area contributed by atoms with Crippen molar-refractivity contribution in [3.63, 3.8) is 0 Å². The molecule has 9 heteroatoms. The van der Waals surface area contributed by atoms with E-state index < -0.39 is 13.9 Å². The summed E-state index contributed by atoms with van der Waals surface area (Å²) in [5, 5.41) is 0. The highest BCUT2D eigenvalue weighted by molar-refractivity contribution is 7.47. The van der Waals surface area contributed by atoms with Crippen LogP contribution in [0.5, 0.6) is 0 Å². The van der Waals surface area contributed by atoms with E-state index in [2.05, 4.69) is 13.8 Å². The first-order chi connectivity index (χ1) is 24.4. The average Bonchev–Trinajstić information content (AvgIpc) is 3.10. The van der Waals surface area contributed by atoms with Gasteiger partial charge in [0.25, 0.3) is 0 Å². The van der Waals surface area contributed by atoms with Crippen LogP contribution in [0, 0.1) is 0 Å². The summed E-state index contributed by atoms with van der Waals surface area (Å²) in [5.41, 5.74) is 5.36. The topological polar surface area (TPSA) is 117 Å². The van der Waals surface area contributed by atoms with Crippen LogP contribution in [-0.4, -0.2) is 49.9 Å².